The van der Waals surface area contributed by atoms with Crippen LogP contribution in [-0.2, 0) is 51.2 Å². The van der Waals surface area contributed by atoms with Crippen molar-refractivity contribution in [3.8, 4) is 0 Å². The maximum absolute atomic E-state index is 14.6. The number of alkyl halides is 1. The zero-order valence-electron chi connectivity index (χ0n) is 42.2. The lowest BCUT2D eigenvalue weighted by Gasteiger charge is -2.28. The number of nitrogens with two attached hydrogens (primary N) is 4. The number of carboxylic acids is 1. The molecular weight excluding hydrogens is 1100 g/mol. The Morgan fingerprint density at radius 3 is 1.66 bits per heavy atom. The first-order valence-corrected chi connectivity index (χ1v) is 26.5. The molecule has 0 spiro atoms. The molecule has 0 aliphatic carbocycles. The van der Waals surface area contributed by atoms with Crippen molar-refractivity contribution in [1.29, 1.82) is 16.2 Å². The number of halogens is 1. The molecule has 0 saturated carbocycles. The summed E-state index contributed by atoms with van der Waals surface area (Å²) in [6, 6.07) is 5.07. The van der Waals surface area contributed by atoms with E-state index in [1.807, 2.05) is 6.07 Å². The molecule has 2 aromatic carbocycles. The number of guanidine groups is 3. The first kappa shape index (κ1) is 64.0. The van der Waals surface area contributed by atoms with Crippen LogP contribution < -0.4 is 76.1 Å². The van der Waals surface area contributed by atoms with Gasteiger partial charge < -0.3 is 86.2 Å². The van der Waals surface area contributed by atoms with Gasteiger partial charge in [0.05, 0.1) is 6.04 Å². The zero-order valence-corrected chi connectivity index (χ0v) is 45.6. The van der Waals surface area contributed by atoms with Crippen LogP contribution >= 0.6 is 41.2 Å². The van der Waals surface area contributed by atoms with Gasteiger partial charge in [-0.3, -0.25) is 49.8 Å². The molecule has 77 heavy (non-hydrogen) atoms. The average molecular weight is 1180 g/mol. The molecule has 9 atom stereocenters. The van der Waals surface area contributed by atoms with Gasteiger partial charge in [-0.25, -0.2) is 4.79 Å². The van der Waals surface area contributed by atoms with Crippen molar-refractivity contribution in [2.24, 2.45) is 22.9 Å². The van der Waals surface area contributed by atoms with Crippen LogP contribution in [0.5, 0.6) is 0 Å². The molecule has 3 rings (SSSR count). The van der Waals surface area contributed by atoms with E-state index in [0.29, 0.717) is 24.1 Å². The number of thiol groups is 2. The highest BCUT2D eigenvalue weighted by Crippen LogP contribution is 2.20. The van der Waals surface area contributed by atoms with Crippen LogP contribution in [0.4, 0.5) is 0 Å². The fraction of sp³-hybridized carbons (Fsp3) is 0.468. The van der Waals surface area contributed by atoms with Crippen LogP contribution in [0.2, 0.25) is 0 Å². The topological polar surface area (TPSA) is 469 Å². The summed E-state index contributed by atoms with van der Waals surface area (Å²) in [6.07, 6.45) is 1.86. The van der Waals surface area contributed by atoms with Crippen LogP contribution in [0.15, 0.2) is 60.8 Å². The van der Waals surface area contributed by atoms with E-state index in [2.05, 4.69) is 99.3 Å². The number of fused-ring (bicyclic) bond motifs is 1. The fourth-order valence-electron chi connectivity index (χ4n) is 7.48. The van der Waals surface area contributed by atoms with Crippen LogP contribution in [0.25, 0.3) is 10.9 Å². The highest BCUT2D eigenvalue weighted by molar-refractivity contribution is 9.09. The first-order chi connectivity index (χ1) is 36.5. The molecule has 30 heteroatoms. The summed E-state index contributed by atoms with van der Waals surface area (Å²) in [5.74, 6) is -8.57. The number of rotatable bonds is 33. The summed E-state index contributed by atoms with van der Waals surface area (Å²) >= 11 is 11.7. The summed E-state index contributed by atoms with van der Waals surface area (Å²) in [5, 5.41) is 58.9. The smallest absolute Gasteiger partial charge is 0.327 e. The molecule has 0 fully saturated rings. The number of carbonyl (C=O) groups excluding carboxylic acids is 7. The normalized spacial score (nSPS) is 14.5. The van der Waals surface area contributed by atoms with E-state index in [9.17, 15) is 43.5 Å². The second kappa shape index (κ2) is 33.0. The van der Waals surface area contributed by atoms with E-state index in [0.717, 1.165) is 10.9 Å². The SMILES string of the molecule is C[C@@H](NC(=O)[C@H](CS)NC(=O)[C@@H](N)CCCNC(=N)N)C(=O)N[C@@H](CCCNC(=N)N)C(=O)N[C@@H](Cc1ccccc1)C(=O)N[C@@H](CC(Br)CNC(=N)N)C(=O)N[C@@H](Cc1c[nH]c2ccccc12)C(=O)N[C@@H](CS)C(=O)O. The summed E-state index contributed by atoms with van der Waals surface area (Å²) < 4.78 is 0. The molecule has 1 unspecified atom stereocenters. The number of benzene rings is 2. The molecule has 1 aromatic heterocycles. The van der Waals surface area contributed by atoms with Crippen molar-refractivity contribution in [2.45, 2.75) is 105 Å². The molecule has 0 radical (unpaired) electrons. The number of nitrogens with one attached hydrogen (secondary N) is 14. The largest absolute Gasteiger partial charge is 0.480 e. The lowest BCUT2D eigenvalue weighted by molar-refractivity contribution is -0.141. The van der Waals surface area contributed by atoms with Crippen LogP contribution in [-0.4, -0.2) is 160 Å². The van der Waals surface area contributed by atoms with Gasteiger partial charge in [0, 0.05) is 65.9 Å². The number of H-pyrrole nitrogens is 1. The van der Waals surface area contributed by atoms with E-state index in [-0.39, 0.29) is 81.0 Å². The number of carboxylic acid groups (broad SMARTS) is 1. The van der Waals surface area contributed by atoms with Gasteiger partial charge in [-0.05, 0) is 56.2 Å². The third-order valence-electron chi connectivity index (χ3n) is 11.6. The number of carbonyl (C=O) groups is 8. The Bertz CT molecular complexity index is 2530. The number of hydrogen-bond donors (Lipinski definition) is 21. The van der Waals surface area contributed by atoms with Crippen molar-refractivity contribution in [3.63, 3.8) is 0 Å². The van der Waals surface area contributed by atoms with Gasteiger partial charge in [0.15, 0.2) is 17.9 Å². The molecule has 7 amide bonds. The number of aromatic nitrogens is 1. The van der Waals surface area contributed by atoms with Crippen LogP contribution in [0, 0.1) is 16.2 Å². The van der Waals surface area contributed by atoms with E-state index in [4.69, 9.17) is 39.2 Å². The fourth-order valence-corrected chi connectivity index (χ4v) is 8.52. The van der Waals surface area contributed by atoms with Crippen LogP contribution in [0.1, 0.15) is 50.2 Å². The van der Waals surface area contributed by atoms with Crippen LogP contribution in [0.3, 0.4) is 0 Å². The monoisotopic (exact) mass is 1170 g/mol. The van der Waals surface area contributed by atoms with E-state index < -0.39 is 100 Å². The Morgan fingerprint density at radius 1 is 0.597 bits per heavy atom. The van der Waals surface area contributed by atoms with Crippen molar-refractivity contribution < 1.29 is 43.5 Å². The third-order valence-corrected chi connectivity index (χ3v) is 13.0. The zero-order chi connectivity index (χ0) is 57.2. The number of amides is 7. The summed E-state index contributed by atoms with van der Waals surface area (Å²) in [6.45, 7) is 1.73. The molecule has 0 bridgehead atoms. The molecule has 0 aliphatic heterocycles. The van der Waals surface area contributed by atoms with Gasteiger partial charge in [-0.15, -0.1) is 0 Å². The molecular formula is C47H71BrN18O9S2. The minimum Gasteiger partial charge on any atom is -0.480 e. The Morgan fingerprint density at radius 2 is 1.08 bits per heavy atom. The van der Waals surface area contributed by atoms with Gasteiger partial charge in [0.25, 0.3) is 0 Å². The van der Waals surface area contributed by atoms with E-state index in [1.165, 1.54) is 6.92 Å². The summed E-state index contributed by atoms with van der Waals surface area (Å²) in [4.78, 5) is 112. The predicted octanol–water partition coefficient (Wildman–Crippen LogP) is -3.20. The Hall–Kier alpha value is -7.31. The van der Waals surface area contributed by atoms with Gasteiger partial charge in [-0.2, -0.15) is 25.3 Å². The number of hydrogen-bond acceptors (Lipinski definition) is 14. The molecule has 1 heterocycles. The summed E-state index contributed by atoms with van der Waals surface area (Å²) in [7, 11) is 0. The van der Waals surface area contributed by atoms with Crippen molar-refractivity contribution in [3.05, 3.63) is 71.9 Å². The maximum atomic E-state index is 14.6. The van der Waals surface area contributed by atoms with E-state index in [1.54, 1.807) is 54.7 Å². The molecule has 27 nitrogen and oxygen atoms in total. The van der Waals surface area contributed by atoms with Crippen molar-refractivity contribution in [1.82, 2.24) is 58.2 Å². The minimum atomic E-state index is -1.47. The first-order valence-electron chi connectivity index (χ1n) is 24.3. The molecule has 0 aliphatic rings. The second-order valence-corrected chi connectivity index (χ2v) is 19.8. The second-order valence-electron chi connectivity index (χ2n) is 17.8. The highest BCUT2D eigenvalue weighted by atomic mass is 79.9. The van der Waals surface area contributed by atoms with Gasteiger partial charge in [0.2, 0.25) is 41.4 Å². The Labute approximate surface area is 464 Å². The Balaban J connectivity index is 1.94. The third kappa shape index (κ3) is 22.8. The molecule has 23 N–H and O–H groups in total. The van der Waals surface area contributed by atoms with Gasteiger partial charge in [0.1, 0.15) is 42.3 Å². The molecule has 3 aromatic rings. The lowest BCUT2D eigenvalue weighted by atomic mass is 10.0. The maximum Gasteiger partial charge on any atom is 0.327 e. The predicted molar refractivity (Wildman–Crippen MR) is 300 cm³/mol. The summed E-state index contributed by atoms with van der Waals surface area (Å²) in [5.41, 5.74) is 24.2. The number of para-hydroxylation sites is 1. The van der Waals surface area contributed by atoms with Gasteiger partial charge >= 0.3 is 5.97 Å². The Kier molecular flexibility index (Phi) is 27.4. The standard InChI is InChI=1S/C47H71BrN18O9S2/c1-24(60-43(73)35(22-76)65-38(68)29(49)12-7-15-56-45(50)51)37(67)61-31(14-8-16-57-46(52)53)39(69)62-32(17-25-9-3-2-4-10-25)40(70)64-34(19-27(48)21-59-47(54)55)42(72)63-33(41(71)66-36(23-77)44(74)75)18-26-20-58-30-13-6-5-11-28(26)30/h2-6,9-11,13,20,24,27,29,31-36,58,76-77H,7-8,12,14-19,21-23,49H2,1H3,(H,60,73)(H,61,67)(H,62,69)(H,63,72)(H,64,70)(H,65,68)(H,66,71)(H,74,75)(H4,50,51,56)(H4,52,53,57)(H4,54,55,59)/t24-,27?,29+,31+,32+,33+,34+,35+,36+/m1/s1. The average Bonchev–Trinajstić information content (AvgIpc) is 3.79. The molecule has 422 valence electrons. The highest BCUT2D eigenvalue weighted by Gasteiger charge is 2.35. The minimum absolute atomic E-state index is 0.000377. The quantitative estimate of drug-likeness (QED) is 0.00939. The number of aromatic amines is 1. The lowest BCUT2D eigenvalue weighted by Crippen LogP contribution is -2.60. The van der Waals surface area contributed by atoms with E-state index >= 15 is 0 Å². The van der Waals surface area contributed by atoms with Gasteiger partial charge in [-0.1, -0.05) is 64.5 Å². The van der Waals surface area contributed by atoms with Crippen molar-refractivity contribution in [2.75, 3.05) is 31.1 Å². The van der Waals surface area contributed by atoms with Crippen molar-refractivity contribution >= 4 is 117 Å². The molecule has 0 saturated heterocycles. The number of aliphatic carboxylic acids is 1.